The summed E-state index contributed by atoms with van der Waals surface area (Å²) in [4.78, 5) is 24.7. The Morgan fingerprint density at radius 1 is 1.56 bits per heavy atom. The molecule has 100 valence electrons. The second-order valence-electron chi connectivity index (χ2n) is 4.16. The lowest BCUT2D eigenvalue weighted by Crippen LogP contribution is -2.36. The highest BCUT2D eigenvalue weighted by Gasteiger charge is 2.45. The fraction of sp³-hybridized carbons (Fsp3) is 0.600. The molecule has 0 radical (unpaired) electrons. The predicted molar refractivity (Wildman–Crippen MR) is 58.0 cm³/mol. The number of hydrogen-bond acceptors (Lipinski definition) is 5. The first-order valence-corrected chi connectivity index (χ1v) is 5.36. The number of aliphatic hydroxyl groups is 2. The van der Waals surface area contributed by atoms with Crippen LogP contribution in [0.4, 0.5) is 4.39 Å². The van der Waals surface area contributed by atoms with Crippen molar-refractivity contribution < 1.29 is 19.3 Å². The van der Waals surface area contributed by atoms with Gasteiger partial charge in [0.05, 0.1) is 6.61 Å². The van der Waals surface area contributed by atoms with Crippen LogP contribution in [0, 0.1) is 6.92 Å². The first-order chi connectivity index (χ1) is 8.45. The van der Waals surface area contributed by atoms with Crippen molar-refractivity contribution in [2.24, 2.45) is 0 Å². The van der Waals surface area contributed by atoms with E-state index in [4.69, 9.17) is 9.84 Å². The van der Waals surface area contributed by atoms with E-state index in [9.17, 15) is 19.1 Å². The fourth-order valence-electron chi connectivity index (χ4n) is 1.85. The van der Waals surface area contributed by atoms with E-state index in [1.807, 2.05) is 4.98 Å². The number of nitrogens with one attached hydrogen (secondary N) is 1. The highest BCUT2D eigenvalue weighted by Crippen LogP contribution is 2.30. The van der Waals surface area contributed by atoms with Crippen LogP contribution in [0.25, 0.3) is 0 Å². The Morgan fingerprint density at radius 3 is 2.78 bits per heavy atom. The molecule has 0 aromatic carbocycles. The second kappa shape index (κ2) is 4.63. The molecule has 0 saturated carbocycles. The normalized spacial score (nSPS) is 31.8. The Hall–Kier alpha value is -1.51. The number of aromatic amines is 1. The highest BCUT2D eigenvalue weighted by molar-refractivity contribution is 5.03. The van der Waals surface area contributed by atoms with E-state index in [1.165, 1.54) is 6.92 Å². The van der Waals surface area contributed by atoms with Crippen LogP contribution in [0.2, 0.25) is 0 Å². The number of halogens is 1. The molecular weight excluding hydrogens is 247 g/mol. The number of nitrogens with zero attached hydrogens (tertiary/aromatic N) is 1. The zero-order valence-corrected chi connectivity index (χ0v) is 9.54. The van der Waals surface area contributed by atoms with Crippen molar-refractivity contribution in [3.63, 3.8) is 0 Å². The average Bonchev–Trinajstić information content (AvgIpc) is 2.61. The third kappa shape index (κ3) is 1.98. The number of H-pyrrole nitrogens is 1. The van der Waals surface area contributed by atoms with Gasteiger partial charge in [-0.25, -0.2) is 9.18 Å². The molecule has 1 aliphatic rings. The molecule has 1 aromatic rings. The van der Waals surface area contributed by atoms with Crippen LogP contribution in [-0.4, -0.2) is 44.8 Å². The molecule has 1 aliphatic heterocycles. The van der Waals surface area contributed by atoms with E-state index in [1.54, 1.807) is 0 Å². The number of hydrogen-bond donors (Lipinski definition) is 3. The van der Waals surface area contributed by atoms with Crippen LogP contribution < -0.4 is 11.2 Å². The number of rotatable bonds is 2. The van der Waals surface area contributed by atoms with E-state index in [2.05, 4.69) is 0 Å². The van der Waals surface area contributed by atoms with Gasteiger partial charge in [0.2, 0.25) is 0 Å². The third-order valence-electron chi connectivity index (χ3n) is 2.89. The van der Waals surface area contributed by atoms with Crippen LogP contribution in [0.15, 0.2) is 15.8 Å². The number of aromatic nitrogens is 2. The zero-order chi connectivity index (χ0) is 13.4. The molecule has 1 saturated heterocycles. The van der Waals surface area contributed by atoms with E-state index < -0.39 is 42.5 Å². The van der Waals surface area contributed by atoms with Gasteiger partial charge >= 0.3 is 5.69 Å². The SMILES string of the molecule is Cc1cn([C@@H]2O[C@@H](CO)[C@H](O)[C@H]2F)c(=O)[nH]c1=O. The summed E-state index contributed by atoms with van der Waals surface area (Å²) in [6.07, 6.45) is -4.67. The Balaban J connectivity index is 2.42. The van der Waals surface area contributed by atoms with Gasteiger partial charge in [-0.15, -0.1) is 0 Å². The number of alkyl halides is 1. The van der Waals surface area contributed by atoms with Crippen molar-refractivity contribution in [2.75, 3.05) is 6.61 Å². The largest absolute Gasteiger partial charge is 0.394 e. The molecule has 0 aliphatic carbocycles. The predicted octanol–water partition coefficient (Wildman–Crippen LogP) is -1.57. The topological polar surface area (TPSA) is 105 Å². The molecule has 0 amide bonds. The molecule has 2 heterocycles. The lowest BCUT2D eigenvalue weighted by atomic mass is 10.1. The first kappa shape index (κ1) is 12.9. The van der Waals surface area contributed by atoms with Crippen molar-refractivity contribution in [1.82, 2.24) is 9.55 Å². The van der Waals surface area contributed by atoms with Crippen molar-refractivity contribution in [3.05, 3.63) is 32.6 Å². The Kier molecular flexibility index (Phi) is 3.33. The van der Waals surface area contributed by atoms with Crippen molar-refractivity contribution in [1.29, 1.82) is 0 Å². The Bertz CT molecular complexity index is 554. The van der Waals surface area contributed by atoms with Crippen LogP contribution in [0.1, 0.15) is 11.8 Å². The van der Waals surface area contributed by atoms with Gasteiger partial charge < -0.3 is 14.9 Å². The Labute approximate surface area is 100 Å². The summed E-state index contributed by atoms with van der Waals surface area (Å²) in [5, 5.41) is 18.3. The van der Waals surface area contributed by atoms with Crippen LogP contribution >= 0.6 is 0 Å². The number of ether oxygens (including phenoxy) is 1. The molecule has 2 rings (SSSR count). The maximum absolute atomic E-state index is 13.8. The van der Waals surface area contributed by atoms with Crippen LogP contribution in [0.5, 0.6) is 0 Å². The minimum absolute atomic E-state index is 0.215. The number of aliphatic hydroxyl groups excluding tert-OH is 2. The molecule has 1 aromatic heterocycles. The van der Waals surface area contributed by atoms with Crippen molar-refractivity contribution >= 4 is 0 Å². The standard InChI is InChI=1S/C10H13FN2O5/c1-4-2-13(10(17)12-8(4)16)9-6(11)7(15)5(3-14)18-9/h2,5-7,9,14-15H,3H2,1H3,(H,12,16,17)/t5-,6+,7-,9+/m0/s1. The minimum atomic E-state index is -1.86. The van der Waals surface area contributed by atoms with Gasteiger partial charge in [-0.2, -0.15) is 0 Å². The maximum atomic E-state index is 13.8. The lowest BCUT2D eigenvalue weighted by molar-refractivity contribution is -0.0492. The van der Waals surface area contributed by atoms with Gasteiger partial charge in [-0.3, -0.25) is 14.3 Å². The molecule has 3 N–H and O–H groups in total. The quantitative estimate of drug-likeness (QED) is 0.596. The molecule has 7 nitrogen and oxygen atoms in total. The average molecular weight is 260 g/mol. The summed E-state index contributed by atoms with van der Waals surface area (Å²) < 4.78 is 19.7. The molecule has 8 heteroatoms. The minimum Gasteiger partial charge on any atom is -0.394 e. The van der Waals surface area contributed by atoms with E-state index in [0.717, 1.165) is 10.8 Å². The highest BCUT2D eigenvalue weighted by atomic mass is 19.1. The van der Waals surface area contributed by atoms with Gasteiger partial charge in [-0.1, -0.05) is 0 Å². The first-order valence-electron chi connectivity index (χ1n) is 5.36. The summed E-state index contributed by atoms with van der Waals surface area (Å²) in [5.74, 6) is 0. The third-order valence-corrected chi connectivity index (χ3v) is 2.89. The van der Waals surface area contributed by atoms with Crippen LogP contribution in [-0.2, 0) is 4.74 Å². The summed E-state index contributed by atoms with van der Waals surface area (Å²) in [6, 6.07) is 0. The molecule has 18 heavy (non-hydrogen) atoms. The van der Waals surface area contributed by atoms with Gasteiger partial charge in [0.15, 0.2) is 12.4 Å². The second-order valence-corrected chi connectivity index (χ2v) is 4.16. The zero-order valence-electron chi connectivity index (χ0n) is 9.54. The smallest absolute Gasteiger partial charge is 0.330 e. The van der Waals surface area contributed by atoms with E-state index in [-0.39, 0.29) is 5.56 Å². The van der Waals surface area contributed by atoms with Gasteiger partial charge in [0.1, 0.15) is 12.2 Å². The van der Waals surface area contributed by atoms with E-state index >= 15 is 0 Å². The van der Waals surface area contributed by atoms with Gasteiger partial charge in [0.25, 0.3) is 5.56 Å². The van der Waals surface area contributed by atoms with Crippen molar-refractivity contribution in [2.45, 2.75) is 31.5 Å². The maximum Gasteiger partial charge on any atom is 0.330 e. The molecule has 1 fully saturated rings. The van der Waals surface area contributed by atoms with E-state index in [0.29, 0.717) is 0 Å². The summed E-state index contributed by atoms with van der Waals surface area (Å²) in [5.41, 5.74) is -1.18. The van der Waals surface area contributed by atoms with Gasteiger partial charge in [-0.05, 0) is 6.92 Å². The molecule has 0 unspecified atom stereocenters. The Morgan fingerprint density at radius 2 is 2.22 bits per heavy atom. The summed E-state index contributed by atoms with van der Waals surface area (Å²) in [6.45, 7) is 0.895. The molecule has 4 atom stereocenters. The number of aryl methyl sites for hydroxylation is 1. The lowest BCUT2D eigenvalue weighted by Gasteiger charge is -2.15. The fourth-order valence-corrected chi connectivity index (χ4v) is 1.85. The monoisotopic (exact) mass is 260 g/mol. The molecular formula is C10H13FN2O5. The van der Waals surface area contributed by atoms with Gasteiger partial charge in [0, 0.05) is 11.8 Å². The molecule has 0 bridgehead atoms. The molecule has 0 spiro atoms. The summed E-state index contributed by atoms with van der Waals surface area (Å²) >= 11 is 0. The van der Waals surface area contributed by atoms with Crippen molar-refractivity contribution in [3.8, 4) is 0 Å². The van der Waals surface area contributed by atoms with Crippen LogP contribution in [0.3, 0.4) is 0 Å². The summed E-state index contributed by atoms with van der Waals surface area (Å²) in [7, 11) is 0.